The van der Waals surface area contributed by atoms with E-state index in [-0.39, 0.29) is 5.91 Å². The third-order valence-electron chi connectivity index (χ3n) is 5.56. The fraction of sp³-hybridized carbons (Fsp3) is 0.417. The summed E-state index contributed by atoms with van der Waals surface area (Å²) in [5.41, 5.74) is 7.95. The minimum absolute atomic E-state index is 0.0415. The maximum atomic E-state index is 13.1. The molecule has 0 radical (unpaired) electrons. The molecular weight excluding hydrogens is 378 g/mol. The molecule has 0 spiro atoms. The SMILES string of the molecule is CCC(Oc1ccccc1C(C)C)C(=O)N1CCN(c2ccc(C(N)=O)cc2)CC1. The van der Waals surface area contributed by atoms with Crippen molar-refractivity contribution in [2.45, 2.75) is 39.2 Å². The molecule has 1 unspecified atom stereocenters. The van der Waals surface area contributed by atoms with E-state index >= 15 is 0 Å². The van der Waals surface area contributed by atoms with Crippen LogP contribution < -0.4 is 15.4 Å². The molecule has 2 amide bonds. The van der Waals surface area contributed by atoms with Crippen molar-refractivity contribution in [2.75, 3.05) is 31.1 Å². The van der Waals surface area contributed by atoms with Crippen molar-refractivity contribution in [3.8, 4) is 5.75 Å². The molecule has 0 bridgehead atoms. The smallest absolute Gasteiger partial charge is 0.263 e. The highest BCUT2D eigenvalue weighted by Crippen LogP contribution is 2.27. The predicted molar refractivity (Wildman–Crippen MR) is 119 cm³/mol. The Labute approximate surface area is 178 Å². The van der Waals surface area contributed by atoms with Gasteiger partial charge in [0, 0.05) is 37.4 Å². The van der Waals surface area contributed by atoms with E-state index in [1.165, 1.54) is 0 Å². The molecule has 160 valence electrons. The van der Waals surface area contributed by atoms with Gasteiger partial charge in [-0.2, -0.15) is 0 Å². The van der Waals surface area contributed by atoms with Gasteiger partial charge < -0.3 is 20.3 Å². The molecule has 30 heavy (non-hydrogen) atoms. The zero-order chi connectivity index (χ0) is 21.7. The van der Waals surface area contributed by atoms with Gasteiger partial charge in [-0.1, -0.05) is 39.0 Å². The third kappa shape index (κ3) is 4.93. The number of carbonyl (C=O) groups excluding carboxylic acids is 2. The Bertz CT molecular complexity index is 872. The van der Waals surface area contributed by atoms with E-state index < -0.39 is 12.0 Å². The Morgan fingerprint density at radius 3 is 2.20 bits per heavy atom. The van der Waals surface area contributed by atoms with Crippen LogP contribution in [0.2, 0.25) is 0 Å². The molecule has 2 N–H and O–H groups in total. The van der Waals surface area contributed by atoms with Crippen molar-refractivity contribution in [3.63, 3.8) is 0 Å². The van der Waals surface area contributed by atoms with Crippen LogP contribution in [0.15, 0.2) is 48.5 Å². The van der Waals surface area contributed by atoms with Gasteiger partial charge in [0.25, 0.3) is 5.91 Å². The van der Waals surface area contributed by atoms with Crippen LogP contribution in [0.1, 0.15) is 49.0 Å². The Morgan fingerprint density at radius 1 is 1.00 bits per heavy atom. The van der Waals surface area contributed by atoms with E-state index in [0.29, 0.717) is 31.0 Å². The first-order valence-corrected chi connectivity index (χ1v) is 10.6. The minimum atomic E-state index is -0.480. The standard InChI is InChI=1S/C24H31N3O3/c1-4-21(30-22-8-6-5-7-20(22)17(2)3)24(29)27-15-13-26(14-16-27)19-11-9-18(10-12-19)23(25)28/h5-12,17,21H,4,13-16H2,1-3H3,(H2,25,28). The van der Waals surface area contributed by atoms with Gasteiger partial charge in [0.05, 0.1) is 0 Å². The third-order valence-corrected chi connectivity index (χ3v) is 5.56. The molecule has 2 aromatic rings. The van der Waals surface area contributed by atoms with E-state index in [4.69, 9.17) is 10.5 Å². The topological polar surface area (TPSA) is 75.9 Å². The van der Waals surface area contributed by atoms with Crippen molar-refractivity contribution >= 4 is 17.5 Å². The Morgan fingerprint density at radius 2 is 1.63 bits per heavy atom. The first-order chi connectivity index (χ1) is 14.4. The maximum absolute atomic E-state index is 13.1. The van der Waals surface area contributed by atoms with Crippen LogP contribution >= 0.6 is 0 Å². The summed E-state index contributed by atoms with van der Waals surface area (Å²) in [5.74, 6) is 0.737. The normalized spacial score (nSPS) is 15.2. The summed E-state index contributed by atoms with van der Waals surface area (Å²) in [7, 11) is 0. The molecule has 1 heterocycles. The molecule has 0 aromatic heterocycles. The monoisotopic (exact) mass is 409 g/mol. The summed E-state index contributed by atoms with van der Waals surface area (Å²) in [5, 5.41) is 0. The lowest BCUT2D eigenvalue weighted by atomic mass is 10.0. The van der Waals surface area contributed by atoms with E-state index in [1.807, 2.05) is 42.2 Å². The van der Waals surface area contributed by atoms with Gasteiger partial charge in [0.15, 0.2) is 6.10 Å². The highest BCUT2D eigenvalue weighted by Gasteiger charge is 2.28. The maximum Gasteiger partial charge on any atom is 0.263 e. The summed E-state index contributed by atoms with van der Waals surface area (Å²) in [6.07, 6.45) is 0.145. The van der Waals surface area contributed by atoms with E-state index in [9.17, 15) is 9.59 Å². The second-order valence-corrected chi connectivity index (χ2v) is 7.93. The van der Waals surface area contributed by atoms with Gasteiger partial charge >= 0.3 is 0 Å². The first kappa shape index (κ1) is 21.7. The van der Waals surface area contributed by atoms with Crippen molar-refractivity contribution in [1.29, 1.82) is 0 Å². The van der Waals surface area contributed by atoms with Gasteiger partial charge in [-0.15, -0.1) is 0 Å². The van der Waals surface area contributed by atoms with Gasteiger partial charge in [-0.25, -0.2) is 0 Å². The molecule has 6 heteroatoms. The largest absolute Gasteiger partial charge is 0.480 e. The van der Waals surface area contributed by atoms with Crippen molar-refractivity contribution in [2.24, 2.45) is 5.73 Å². The van der Waals surface area contributed by atoms with Crippen molar-refractivity contribution in [3.05, 3.63) is 59.7 Å². The van der Waals surface area contributed by atoms with Crippen LogP contribution in [0.5, 0.6) is 5.75 Å². The van der Waals surface area contributed by atoms with Crippen LogP contribution in [0, 0.1) is 0 Å². The molecular formula is C24H31N3O3. The molecule has 1 aliphatic rings. The van der Waals surface area contributed by atoms with Crippen LogP contribution in [0.3, 0.4) is 0 Å². The number of carbonyl (C=O) groups is 2. The molecule has 2 aromatic carbocycles. The number of amides is 2. The molecule has 3 rings (SSSR count). The number of para-hydroxylation sites is 1. The highest BCUT2D eigenvalue weighted by atomic mass is 16.5. The number of hydrogen-bond acceptors (Lipinski definition) is 4. The molecule has 1 aliphatic heterocycles. The van der Waals surface area contributed by atoms with Crippen molar-refractivity contribution < 1.29 is 14.3 Å². The van der Waals surface area contributed by atoms with Crippen LogP contribution in [0.4, 0.5) is 5.69 Å². The van der Waals surface area contributed by atoms with E-state index in [1.54, 1.807) is 12.1 Å². The molecule has 6 nitrogen and oxygen atoms in total. The predicted octanol–water partition coefficient (Wildman–Crippen LogP) is 3.42. The number of ether oxygens (including phenoxy) is 1. The molecule has 1 fully saturated rings. The lowest BCUT2D eigenvalue weighted by molar-refractivity contribution is -0.139. The number of nitrogens with two attached hydrogens (primary N) is 1. The number of piperazine rings is 1. The summed E-state index contributed by atoms with van der Waals surface area (Å²) in [4.78, 5) is 28.5. The van der Waals surface area contributed by atoms with E-state index in [0.717, 1.165) is 30.1 Å². The molecule has 0 saturated carbocycles. The molecule has 1 saturated heterocycles. The average Bonchev–Trinajstić information content (AvgIpc) is 2.77. The van der Waals surface area contributed by atoms with Gasteiger partial charge in [-0.3, -0.25) is 9.59 Å². The van der Waals surface area contributed by atoms with E-state index in [2.05, 4.69) is 24.8 Å². The fourth-order valence-corrected chi connectivity index (χ4v) is 3.75. The van der Waals surface area contributed by atoms with Gasteiger partial charge in [0.2, 0.25) is 5.91 Å². The zero-order valence-corrected chi connectivity index (χ0v) is 18.0. The lowest BCUT2D eigenvalue weighted by Crippen LogP contribution is -2.52. The fourth-order valence-electron chi connectivity index (χ4n) is 3.75. The van der Waals surface area contributed by atoms with Gasteiger partial charge in [-0.05, 0) is 48.2 Å². The number of anilines is 1. The molecule has 0 aliphatic carbocycles. The minimum Gasteiger partial charge on any atom is -0.480 e. The number of nitrogens with zero attached hydrogens (tertiary/aromatic N) is 2. The summed E-state index contributed by atoms with van der Waals surface area (Å²) in [6, 6.07) is 15.2. The quantitative estimate of drug-likeness (QED) is 0.760. The van der Waals surface area contributed by atoms with Gasteiger partial charge in [0.1, 0.15) is 5.75 Å². The van der Waals surface area contributed by atoms with Crippen LogP contribution in [0.25, 0.3) is 0 Å². The summed E-state index contributed by atoms with van der Waals surface area (Å²) < 4.78 is 6.17. The Balaban J connectivity index is 1.61. The zero-order valence-electron chi connectivity index (χ0n) is 18.0. The number of rotatable bonds is 7. The lowest BCUT2D eigenvalue weighted by Gasteiger charge is -2.37. The highest BCUT2D eigenvalue weighted by molar-refractivity contribution is 5.93. The van der Waals surface area contributed by atoms with Crippen LogP contribution in [-0.4, -0.2) is 49.0 Å². The van der Waals surface area contributed by atoms with Crippen molar-refractivity contribution in [1.82, 2.24) is 4.90 Å². The van der Waals surface area contributed by atoms with Crippen LogP contribution in [-0.2, 0) is 4.79 Å². The summed E-state index contributed by atoms with van der Waals surface area (Å²) >= 11 is 0. The average molecular weight is 410 g/mol. The number of hydrogen-bond donors (Lipinski definition) is 1. The Hall–Kier alpha value is -3.02. The Kier molecular flexibility index (Phi) is 6.98. The number of benzene rings is 2. The second kappa shape index (κ2) is 9.65. The second-order valence-electron chi connectivity index (χ2n) is 7.93. The summed E-state index contributed by atoms with van der Waals surface area (Å²) in [6.45, 7) is 8.99. The molecule has 1 atom stereocenters. The first-order valence-electron chi connectivity index (χ1n) is 10.6. The number of primary amides is 1.